The zero-order chi connectivity index (χ0) is 9.97. The van der Waals surface area contributed by atoms with Crippen LogP contribution in [0.2, 0.25) is 0 Å². The molecular weight excluding hydrogens is 196 g/mol. The van der Waals surface area contributed by atoms with Gasteiger partial charge in [0.25, 0.3) is 0 Å². The van der Waals surface area contributed by atoms with E-state index in [2.05, 4.69) is 15.0 Å². The molecule has 0 atom stereocenters. The smallest absolute Gasteiger partial charge is 0.137 e. The zero-order valence-corrected chi connectivity index (χ0v) is 8.58. The Hall–Kier alpha value is -1.49. The molecule has 0 unspecified atom stereocenters. The molecule has 14 heavy (non-hydrogen) atoms. The SMILES string of the molecule is Cc1csc(Cc2nccc(N)n2)n1. The van der Waals surface area contributed by atoms with E-state index in [9.17, 15) is 0 Å². The molecule has 0 saturated heterocycles. The highest BCUT2D eigenvalue weighted by Crippen LogP contribution is 2.12. The molecule has 0 bridgehead atoms. The van der Waals surface area contributed by atoms with Crippen LogP contribution in [0.4, 0.5) is 5.82 Å². The largest absolute Gasteiger partial charge is 0.384 e. The molecule has 0 aliphatic carbocycles. The van der Waals surface area contributed by atoms with Gasteiger partial charge in [0, 0.05) is 17.3 Å². The Balaban J connectivity index is 2.18. The molecular formula is C9H10N4S. The van der Waals surface area contributed by atoms with Crippen molar-refractivity contribution in [1.82, 2.24) is 15.0 Å². The average molecular weight is 206 g/mol. The molecule has 0 aromatic carbocycles. The first kappa shape index (κ1) is 9.08. The average Bonchev–Trinajstić information content (AvgIpc) is 2.51. The van der Waals surface area contributed by atoms with E-state index in [0.717, 1.165) is 16.5 Å². The van der Waals surface area contributed by atoms with Crippen molar-refractivity contribution in [2.24, 2.45) is 0 Å². The second-order valence-electron chi connectivity index (χ2n) is 2.96. The number of anilines is 1. The van der Waals surface area contributed by atoms with Crippen molar-refractivity contribution < 1.29 is 0 Å². The van der Waals surface area contributed by atoms with Crippen molar-refractivity contribution in [1.29, 1.82) is 0 Å². The summed E-state index contributed by atoms with van der Waals surface area (Å²) in [4.78, 5) is 12.6. The van der Waals surface area contributed by atoms with Crippen LogP contribution in [0.5, 0.6) is 0 Å². The van der Waals surface area contributed by atoms with Crippen molar-refractivity contribution in [2.45, 2.75) is 13.3 Å². The topological polar surface area (TPSA) is 64.7 Å². The lowest BCUT2D eigenvalue weighted by Gasteiger charge is -1.96. The van der Waals surface area contributed by atoms with Gasteiger partial charge in [-0.25, -0.2) is 15.0 Å². The molecule has 2 N–H and O–H groups in total. The van der Waals surface area contributed by atoms with Gasteiger partial charge in [0.1, 0.15) is 16.6 Å². The molecule has 0 spiro atoms. The number of hydrogen-bond acceptors (Lipinski definition) is 5. The first-order chi connectivity index (χ1) is 6.74. The predicted octanol–water partition coefficient (Wildman–Crippen LogP) is 1.41. The third-order valence-corrected chi connectivity index (χ3v) is 2.67. The summed E-state index contributed by atoms with van der Waals surface area (Å²) in [7, 11) is 0. The molecule has 4 nitrogen and oxygen atoms in total. The minimum absolute atomic E-state index is 0.503. The van der Waals surface area contributed by atoms with Crippen LogP contribution in [-0.4, -0.2) is 15.0 Å². The van der Waals surface area contributed by atoms with Gasteiger partial charge in [0.15, 0.2) is 0 Å². The van der Waals surface area contributed by atoms with E-state index in [1.807, 2.05) is 12.3 Å². The van der Waals surface area contributed by atoms with Crippen LogP contribution in [-0.2, 0) is 6.42 Å². The lowest BCUT2D eigenvalue weighted by Crippen LogP contribution is -1.99. The van der Waals surface area contributed by atoms with Crippen LogP contribution >= 0.6 is 11.3 Å². The molecule has 0 amide bonds. The lowest BCUT2D eigenvalue weighted by molar-refractivity contribution is 0.957. The minimum Gasteiger partial charge on any atom is -0.384 e. The molecule has 2 aromatic rings. The van der Waals surface area contributed by atoms with Gasteiger partial charge < -0.3 is 5.73 Å². The van der Waals surface area contributed by atoms with Gasteiger partial charge >= 0.3 is 0 Å². The van der Waals surface area contributed by atoms with E-state index in [0.29, 0.717) is 12.2 Å². The summed E-state index contributed by atoms with van der Waals surface area (Å²) >= 11 is 1.62. The Bertz CT molecular complexity index is 438. The molecule has 2 aromatic heterocycles. The van der Waals surface area contributed by atoms with Gasteiger partial charge in [-0.15, -0.1) is 11.3 Å². The Morgan fingerprint density at radius 1 is 1.43 bits per heavy atom. The molecule has 72 valence electrons. The zero-order valence-electron chi connectivity index (χ0n) is 7.77. The second-order valence-corrected chi connectivity index (χ2v) is 3.90. The van der Waals surface area contributed by atoms with Crippen LogP contribution < -0.4 is 5.73 Å². The highest BCUT2D eigenvalue weighted by Gasteiger charge is 2.02. The minimum atomic E-state index is 0.503. The summed E-state index contributed by atoms with van der Waals surface area (Å²) in [6, 6.07) is 1.68. The van der Waals surface area contributed by atoms with Gasteiger partial charge in [-0.05, 0) is 13.0 Å². The maximum absolute atomic E-state index is 5.55. The van der Waals surface area contributed by atoms with Crippen molar-refractivity contribution in [3.05, 3.63) is 34.2 Å². The van der Waals surface area contributed by atoms with E-state index in [4.69, 9.17) is 5.73 Å². The first-order valence-corrected chi connectivity index (χ1v) is 5.10. The number of aromatic nitrogens is 3. The molecule has 2 heterocycles. The summed E-state index contributed by atoms with van der Waals surface area (Å²) in [5.74, 6) is 1.22. The van der Waals surface area contributed by atoms with E-state index >= 15 is 0 Å². The van der Waals surface area contributed by atoms with Crippen molar-refractivity contribution >= 4 is 17.2 Å². The molecule has 0 aliphatic rings. The number of nitrogens with two attached hydrogens (primary N) is 1. The Labute approximate surface area is 85.9 Å². The van der Waals surface area contributed by atoms with Crippen molar-refractivity contribution in [3.63, 3.8) is 0 Å². The molecule has 0 fully saturated rings. The van der Waals surface area contributed by atoms with Gasteiger partial charge in [-0.3, -0.25) is 0 Å². The molecule has 0 aliphatic heterocycles. The Morgan fingerprint density at radius 2 is 2.29 bits per heavy atom. The summed E-state index contributed by atoms with van der Waals surface area (Å²) in [6.45, 7) is 1.97. The predicted molar refractivity (Wildman–Crippen MR) is 56.1 cm³/mol. The fraction of sp³-hybridized carbons (Fsp3) is 0.222. The normalized spacial score (nSPS) is 10.4. The van der Waals surface area contributed by atoms with E-state index in [1.54, 1.807) is 23.6 Å². The Kier molecular flexibility index (Phi) is 2.41. The molecule has 0 radical (unpaired) electrons. The van der Waals surface area contributed by atoms with Gasteiger partial charge in [-0.2, -0.15) is 0 Å². The fourth-order valence-corrected chi connectivity index (χ4v) is 1.89. The fourth-order valence-electron chi connectivity index (χ4n) is 1.12. The first-order valence-electron chi connectivity index (χ1n) is 4.22. The third kappa shape index (κ3) is 2.05. The number of nitrogen functional groups attached to an aromatic ring is 1. The lowest BCUT2D eigenvalue weighted by atomic mass is 10.4. The van der Waals surface area contributed by atoms with Gasteiger partial charge in [0.05, 0.1) is 6.42 Å². The Morgan fingerprint density at radius 3 is 2.93 bits per heavy atom. The monoisotopic (exact) mass is 206 g/mol. The number of rotatable bonds is 2. The molecule has 5 heteroatoms. The quantitative estimate of drug-likeness (QED) is 0.807. The number of nitrogens with zero attached hydrogens (tertiary/aromatic N) is 3. The van der Waals surface area contributed by atoms with Crippen LogP contribution in [0.25, 0.3) is 0 Å². The van der Waals surface area contributed by atoms with Crippen molar-refractivity contribution in [3.8, 4) is 0 Å². The van der Waals surface area contributed by atoms with E-state index in [1.165, 1.54) is 0 Å². The van der Waals surface area contributed by atoms with Crippen molar-refractivity contribution in [2.75, 3.05) is 5.73 Å². The summed E-state index contributed by atoms with van der Waals surface area (Å²) in [5, 5.41) is 3.04. The summed E-state index contributed by atoms with van der Waals surface area (Å²) < 4.78 is 0. The van der Waals surface area contributed by atoms with E-state index < -0.39 is 0 Å². The van der Waals surface area contributed by atoms with Crippen LogP contribution in [0.3, 0.4) is 0 Å². The van der Waals surface area contributed by atoms with Crippen LogP contribution in [0, 0.1) is 6.92 Å². The second kappa shape index (κ2) is 3.71. The number of thiazole rings is 1. The van der Waals surface area contributed by atoms with Gasteiger partial charge in [0.2, 0.25) is 0 Å². The van der Waals surface area contributed by atoms with E-state index in [-0.39, 0.29) is 0 Å². The summed E-state index contributed by atoms with van der Waals surface area (Å²) in [5.41, 5.74) is 6.59. The van der Waals surface area contributed by atoms with Gasteiger partial charge in [-0.1, -0.05) is 0 Å². The molecule has 2 rings (SSSR count). The van der Waals surface area contributed by atoms with Crippen LogP contribution in [0.15, 0.2) is 17.6 Å². The summed E-state index contributed by atoms with van der Waals surface area (Å²) in [6.07, 6.45) is 2.32. The highest BCUT2D eigenvalue weighted by atomic mass is 32.1. The maximum Gasteiger partial charge on any atom is 0.137 e. The molecule has 0 saturated carbocycles. The maximum atomic E-state index is 5.55. The number of aryl methyl sites for hydroxylation is 1. The standard InChI is InChI=1S/C9H10N4S/c1-6-5-14-9(12-6)4-8-11-3-2-7(10)13-8/h2-3,5H,4H2,1H3,(H2,10,11,13). The van der Waals surface area contributed by atoms with Crippen LogP contribution in [0.1, 0.15) is 16.5 Å². The highest BCUT2D eigenvalue weighted by molar-refractivity contribution is 7.09. The third-order valence-electron chi connectivity index (χ3n) is 1.70. The number of hydrogen-bond donors (Lipinski definition) is 1.